The molecule has 1 aromatic carbocycles. The van der Waals surface area contributed by atoms with Crippen molar-refractivity contribution in [2.24, 2.45) is 0 Å². The minimum absolute atomic E-state index is 0.958. The van der Waals surface area contributed by atoms with Crippen molar-refractivity contribution in [2.45, 2.75) is 13.3 Å². The molecule has 0 bridgehead atoms. The van der Waals surface area contributed by atoms with Crippen LogP contribution in [0.15, 0.2) is 54.3 Å². The summed E-state index contributed by atoms with van der Waals surface area (Å²) in [5.41, 5.74) is 4.33. The smallest absolute Gasteiger partial charge is 0.00930 e. The molecule has 66 valence electrons. The van der Waals surface area contributed by atoms with Gasteiger partial charge in [0.2, 0.25) is 0 Å². The van der Waals surface area contributed by atoms with Crippen molar-refractivity contribution in [3.8, 4) is 0 Å². The highest BCUT2D eigenvalue weighted by atomic mass is 13.8. The maximum atomic E-state index is 3.14. The van der Waals surface area contributed by atoms with Crippen molar-refractivity contribution in [1.29, 1.82) is 0 Å². The summed E-state index contributed by atoms with van der Waals surface area (Å²) in [5, 5.41) is 0. The third-order valence-corrected chi connectivity index (χ3v) is 1.66. The van der Waals surface area contributed by atoms with Crippen LogP contribution in [0.25, 0.3) is 6.08 Å². The Morgan fingerprint density at radius 1 is 1.23 bits per heavy atom. The lowest BCUT2D eigenvalue weighted by Crippen LogP contribution is -1.65. The topological polar surface area (TPSA) is 0 Å². The van der Waals surface area contributed by atoms with Gasteiger partial charge in [-0.15, -0.1) is 5.73 Å². The number of hydrogen-bond donors (Lipinski definition) is 0. The van der Waals surface area contributed by atoms with E-state index in [1.165, 1.54) is 5.56 Å². The number of rotatable bonds is 3. The average molecular weight is 170 g/mol. The first-order chi connectivity index (χ1) is 6.43. The first-order valence-corrected chi connectivity index (χ1v) is 4.50. The molecule has 0 aliphatic heterocycles. The number of benzene rings is 1. The lowest BCUT2D eigenvalue weighted by Gasteiger charge is -1.86. The summed E-state index contributed by atoms with van der Waals surface area (Å²) in [7, 11) is 0. The molecule has 0 nitrogen and oxygen atoms in total. The fourth-order valence-electron chi connectivity index (χ4n) is 0.977. The first-order valence-electron chi connectivity index (χ1n) is 4.50. The Morgan fingerprint density at radius 2 is 2.00 bits per heavy atom. The zero-order valence-corrected chi connectivity index (χ0v) is 7.90. The monoisotopic (exact) mass is 170 g/mol. The molecular weight excluding hydrogens is 156 g/mol. The molecule has 1 rings (SSSR count). The SMILES string of the molecule is CC=CCC=C=Cc1ccccc1. The molecule has 0 atom stereocenters. The average Bonchev–Trinajstić information content (AvgIpc) is 2.19. The molecule has 0 aliphatic rings. The van der Waals surface area contributed by atoms with Gasteiger partial charge in [-0.2, -0.15) is 0 Å². The van der Waals surface area contributed by atoms with Gasteiger partial charge in [0.05, 0.1) is 0 Å². The molecule has 0 spiro atoms. The lowest BCUT2D eigenvalue weighted by molar-refractivity contribution is 1.39. The van der Waals surface area contributed by atoms with Crippen molar-refractivity contribution >= 4 is 6.08 Å². The van der Waals surface area contributed by atoms with E-state index in [4.69, 9.17) is 0 Å². The van der Waals surface area contributed by atoms with Gasteiger partial charge in [-0.1, -0.05) is 42.5 Å². The highest BCUT2D eigenvalue weighted by Crippen LogP contribution is 1.99. The molecule has 0 saturated carbocycles. The molecule has 1 aromatic rings. The first kappa shape index (κ1) is 9.57. The molecule has 0 unspecified atom stereocenters. The van der Waals surface area contributed by atoms with Crippen LogP contribution in [-0.2, 0) is 0 Å². The summed E-state index contributed by atoms with van der Waals surface area (Å²) in [6.45, 7) is 2.02. The van der Waals surface area contributed by atoms with Crippen LogP contribution in [0.4, 0.5) is 0 Å². The zero-order chi connectivity index (χ0) is 9.36. The summed E-state index contributed by atoms with van der Waals surface area (Å²) in [6, 6.07) is 10.2. The van der Waals surface area contributed by atoms with Crippen molar-refractivity contribution in [3.05, 3.63) is 59.9 Å². The maximum Gasteiger partial charge on any atom is -0.00930 e. The van der Waals surface area contributed by atoms with Crippen LogP contribution in [0.3, 0.4) is 0 Å². The summed E-state index contributed by atoms with van der Waals surface area (Å²) in [5.74, 6) is 0. The van der Waals surface area contributed by atoms with Crippen LogP contribution in [0.2, 0.25) is 0 Å². The van der Waals surface area contributed by atoms with Gasteiger partial charge in [-0.3, -0.25) is 0 Å². The Labute approximate surface area is 79.9 Å². The van der Waals surface area contributed by atoms with E-state index in [9.17, 15) is 0 Å². The third kappa shape index (κ3) is 4.15. The van der Waals surface area contributed by atoms with Crippen molar-refractivity contribution in [3.63, 3.8) is 0 Å². The second-order valence-corrected chi connectivity index (χ2v) is 2.73. The van der Waals surface area contributed by atoms with E-state index in [1.807, 2.05) is 43.4 Å². The van der Waals surface area contributed by atoms with Gasteiger partial charge in [0.15, 0.2) is 0 Å². The molecule has 0 heteroatoms. The van der Waals surface area contributed by atoms with Gasteiger partial charge in [-0.25, -0.2) is 0 Å². The van der Waals surface area contributed by atoms with Gasteiger partial charge < -0.3 is 0 Å². The minimum atomic E-state index is 0.958. The Hall–Kier alpha value is -1.52. The molecular formula is C13H14. The third-order valence-electron chi connectivity index (χ3n) is 1.66. The van der Waals surface area contributed by atoms with E-state index in [0.717, 1.165) is 6.42 Å². The Kier molecular flexibility index (Phi) is 4.45. The van der Waals surface area contributed by atoms with Crippen LogP contribution < -0.4 is 0 Å². The summed E-state index contributed by atoms with van der Waals surface area (Å²) >= 11 is 0. The standard InChI is InChI=1S/C13H14/c1-2-3-4-5-7-10-13-11-8-6-9-12-13/h2-3,5-6,8-12H,4H2,1H3. The summed E-state index contributed by atoms with van der Waals surface area (Å²) < 4.78 is 0. The second kappa shape index (κ2) is 6.05. The lowest BCUT2D eigenvalue weighted by atomic mass is 10.2. The molecule has 0 N–H and O–H groups in total. The van der Waals surface area contributed by atoms with E-state index in [-0.39, 0.29) is 0 Å². The normalized spacial score (nSPS) is 9.62. The van der Waals surface area contributed by atoms with Crippen LogP contribution in [0.1, 0.15) is 18.9 Å². The van der Waals surface area contributed by atoms with E-state index < -0.39 is 0 Å². The van der Waals surface area contributed by atoms with E-state index in [2.05, 4.69) is 23.9 Å². The van der Waals surface area contributed by atoms with E-state index in [0.29, 0.717) is 0 Å². The van der Waals surface area contributed by atoms with Gasteiger partial charge in [0, 0.05) is 0 Å². The Balaban J connectivity index is 2.53. The van der Waals surface area contributed by atoms with Crippen LogP contribution in [0, 0.1) is 0 Å². The Morgan fingerprint density at radius 3 is 2.69 bits per heavy atom. The quantitative estimate of drug-likeness (QED) is 0.478. The molecule has 0 fully saturated rings. The summed E-state index contributed by atoms with van der Waals surface area (Å²) in [4.78, 5) is 0. The predicted octanol–water partition coefficient (Wildman–Crippen LogP) is 3.82. The van der Waals surface area contributed by atoms with Gasteiger partial charge in [0.25, 0.3) is 0 Å². The van der Waals surface area contributed by atoms with Crippen molar-refractivity contribution in [1.82, 2.24) is 0 Å². The highest BCUT2D eigenvalue weighted by Gasteiger charge is 1.78. The fourth-order valence-corrected chi connectivity index (χ4v) is 0.977. The van der Waals surface area contributed by atoms with Gasteiger partial charge in [0.1, 0.15) is 0 Å². The number of allylic oxidation sites excluding steroid dienone is 3. The molecule has 0 aromatic heterocycles. The molecule has 13 heavy (non-hydrogen) atoms. The molecule has 0 aliphatic carbocycles. The van der Waals surface area contributed by atoms with Crippen LogP contribution in [0.5, 0.6) is 0 Å². The van der Waals surface area contributed by atoms with Gasteiger partial charge in [-0.05, 0) is 31.1 Å². The maximum absolute atomic E-state index is 3.14. The zero-order valence-electron chi connectivity index (χ0n) is 7.90. The summed E-state index contributed by atoms with van der Waals surface area (Å²) in [6.07, 6.45) is 9.11. The molecule has 0 heterocycles. The fraction of sp³-hybridized carbons (Fsp3) is 0.154. The second-order valence-electron chi connectivity index (χ2n) is 2.73. The van der Waals surface area contributed by atoms with E-state index >= 15 is 0 Å². The van der Waals surface area contributed by atoms with Crippen molar-refractivity contribution in [2.75, 3.05) is 0 Å². The predicted molar refractivity (Wildman–Crippen MR) is 58.4 cm³/mol. The van der Waals surface area contributed by atoms with Gasteiger partial charge >= 0.3 is 0 Å². The molecule has 0 saturated heterocycles. The molecule has 0 amide bonds. The minimum Gasteiger partial charge on any atom is -0.124 e. The van der Waals surface area contributed by atoms with Crippen molar-refractivity contribution < 1.29 is 0 Å². The largest absolute Gasteiger partial charge is 0.124 e. The Bertz CT molecular complexity index is 311. The van der Waals surface area contributed by atoms with Crippen LogP contribution >= 0.6 is 0 Å². The van der Waals surface area contributed by atoms with E-state index in [1.54, 1.807) is 0 Å². The number of hydrogen-bond acceptors (Lipinski definition) is 0. The highest BCUT2D eigenvalue weighted by molar-refractivity contribution is 5.47. The van der Waals surface area contributed by atoms with Crippen LogP contribution in [-0.4, -0.2) is 0 Å². The molecule has 0 radical (unpaired) electrons.